The van der Waals surface area contributed by atoms with E-state index in [2.05, 4.69) is 0 Å². The van der Waals surface area contributed by atoms with Gasteiger partial charge in [-0.1, -0.05) is 19.1 Å². The summed E-state index contributed by atoms with van der Waals surface area (Å²) in [6, 6.07) is 10.5. The van der Waals surface area contributed by atoms with Gasteiger partial charge in [0.05, 0.1) is 6.42 Å². The Bertz CT molecular complexity index is 1020. The summed E-state index contributed by atoms with van der Waals surface area (Å²) in [7, 11) is 0. The molecule has 0 bridgehead atoms. The van der Waals surface area contributed by atoms with Crippen molar-refractivity contribution in [2.45, 2.75) is 25.2 Å². The van der Waals surface area contributed by atoms with E-state index < -0.39 is 17.6 Å². The molecule has 0 radical (unpaired) electrons. The molecule has 0 spiro atoms. The molecular formula is C21H18F2O3S. The zero-order chi connectivity index (χ0) is 19.6. The van der Waals surface area contributed by atoms with Gasteiger partial charge in [0.15, 0.2) is 0 Å². The van der Waals surface area contributed by atoms with Crippen LogP contribution in [0.4, 0.5) is 8.78 Å². The Labute approximate surface area is 160 Å². The van der Waals surface area contributed by atoms with E-state index in [1.54, 1.807) is 31.2 Å². The summed E-state index contributed by atoms with van der Waals surface area (Å²) in [5.74, 6) is -0.449. The van der Waals surface area contributed by atoms with Crippen LogP contribution in [0.5, 0.6) is 11.5 Å². The summed E-state index contributed by atoms with van der Waals surface area (Å²) in [5.41, 5.74) is 1.15. The average molecular weight is 388 g/mol. The zero-order valence-electron chi connectivity index (χ0n) is 14.9. The van der Waals surface area contributed by atoms with Crippen LogP contribution in [0.15, 0.2) is 47.4 Å². The third kappa shape index (κ3) is 4.22. The second-order valence-corrected chi connectivity index (χ2v) is 7.36. The minimum Gasteiger partial charge on any atom is -0.481 e. The molecule has 27 heavy (non-hydrogen) atoms. The fraction of sp³-hybridized carbons (Fsp3) is 0.190. The van der Waals surface area contributed by atoms with Crippen molar-refractivity contribution in [3.8, 4) is 11.5 Å². The lowest BCUT2D eigenvalue weighted by molar-refractivity contribution is -0.136. The highest BCUT2D eigenvalue weighted by atomic mass is 32.2. The molecule has 0 aliphatic carbocycles. The fourth-order valence-electron chi connectivity index (χ4n) is 2.91. The van der Waals surface area contributed by atoms with E-state index in [-0.39, 0.29) is 12.2 Å². The first-order valence-corrected chi connectivity index (χ1v) is 9.41. The van der Waals surface area contributed by atoms with Crippen LogP contribution in [0.2, 0.25) is 0 Å². The van der Waals surface area contributed by atoms with E-state index in [1.807, 2.05) is 6.92 Å². The maximum Gasteiger partial charge on any atom is 0.307 e. The highest BCUT2D eigenvalue weighted by molar-refractivity contribution is 7.99. The molecule has 1 N–H and O–H groups in total. The third-order valence-electron chi connectivity index (χ3n) is 4.18. The lowest BCUT2D eigenvalue weighted by atomic mass is 9.98. The molecule has 3 rings (SSSR count). The number of thioether (sulfide) groups is 1. The van der Waals surface area contributed by atoms with Gasteiger partial charge >= 0.3 is 5.97 Å². The Kier molecular flexibility index (Phi) is 5.65. The van der Waals surface area contributed by atoms with Gasteiger partial charge in [-0.15, -0.1) is 11.8 Å². The molecule has 0 aromatic heterocycles. The monoisotopic (exact) mass is 388 g/mol. The number of ether oxygens (including phenoxy) is 1. The largest absolute Gasteiger partial charge is 0.481 e. The van der Waals surface area contributed by atoms with Crippen molar-refractivity contribution in [2.75, 3.05) is 5.75 Å². The topological polar surface area (TPSA) is 46.5 Å². The molecule has 0 fully saturated rings. The maximum absolute atomic E-state index is 14.2. The van der Waals surface area contributed by atoms with Crippen LogP contribution in [0.25, 0.3) is 10.8 Å². The molecule has 0 amide bonds. The van der Waals surface area contributed by atoms with Gasteiger partial charge in [-0.25, -0.2) is 8.78 Å². The number of carboxylic acids is 1. The van der Waals surface area contributed by atoms with Crippen LogP contribution < -0.4 is 4.74 Å². The molecule has 0 aliphatic heterocycles. The van der Waals surface area contributed by atoms with Gasteiger partial charge < -0.3 is 9.84 Å². The van der Waals surface area contributed by atoms with Crippen LogP contribution in [-0.4, -0.2) is 16.8 Å². The molecule has 0 aliphatic rings. The normalized spacial score (nSPS) is 11.0. The minimum absolute atomic E-state index is 0.185. The smallest absolute Gasteiger partial charge is 0.307 e. The number of benzene rings is 3. The quantitative estimate of drug-likeness (QED) is 0.530. The highest BCUT2D eigenvalue weighted by Crippen LogP contribution is 2.37. The molecular weight excluding hydrogens is 370 g/mol. The van der Waals surface area contributed by atoms with Crippen molar-refractivity contribution in [3.63, 3.8) is 0 Å². The Morgan fingerprint density at radius 3 is 2.59 bits per heavy atom. The van der Waals surface area contributed by atoms with E-state index in [9.17, 15) is 13.6 Å². The first-order chi connectivity index (χ1) is 12.9. The number of aliphatic carboxylic acids is 1. The van der Waals surface area contributed by atoms with Crippen molar-refractivity contribution >= 4 is 28.5 Å². The first-order valence-electron chi connectivity index (χ1n) is 8.42. The summed E-state index contributed by atoms with van der Waals surface area (Å²) >= 11 is 1.39. The molecule has 0 saturated carbocycles. The van der Waals surface area contributed by atoms with Gasteiger partial charge in [-0.2, -0.15) is 0 Å². The van der Waals surface area contributed by atoms with Crippen LogP contribution in [0.3, 0.4) is 0 Å². The fourth-order valence-corrected chi connectivity index (χ4v) is 3.58. The van der Waals surface area contributed by atoms with Crippen LogP contribution >= 0.6 is 11.8 Å². The van der Waals surface area contributed by atoms with Crippen molar-refractivity contribution in [2.24, 2.45) is 0 Å². The third-order valence-corrected chi connectivity index (χ3v) is 5.11. The molecule has 140 valence electrons. The molecule has 3 aromatic carbocycles. The molecule has 3 nitrogen and oxygen atoms in total. The molecule has 3 aromatic rings. The number of hydrogen-bond donors (Lipinski definition) is 1. The predicted molar refractivity (Wildman–Crippen MR) is 103 cm³/mol. The number of carbonyl (C=O) groups is 1. The van der Waals surface area contributed by atoms with Crippen molar-refractivity contribution in [3.05, 3.63) is 65.2 Å². The van der Waals surface area contributed by atoms with Gasteiger partial charge in [-0.05, 0) is 53.5 Å². The van der Waals surface area contributed by atoms with E-state index in [0.29, 0.717) is 32.5 Å². The highest BCUT2D eigenvalue weighted by Gasteiger charge is 2.16. The second-order valence-electron chi connectivity index (χ2n) is 6.05. The van der Waals surface area contributed by atoms with Crippen LogP contribution in [-0.2, 0) is 11.2 Å². The van der Waals surface area contributed by atoms with Gasteiger partial charge in [0.25, 0.3) is 0 Å². The Morgan fingerprint density at radius 1 is 1.15 bits per heavy atom. The number of hydrogen-bond acceptors (Lipinski definition) is 3. The summed E-state index contributed by atoms with van der Waals surface area (Å²) in [6.07, 6.45) is -0.185. The lowest BCUT2D eigenvalue weighted by Crippen LogP contribution is -2.04. The molecule has 0 atom stereocenters. The molecule has 0 unspecified atom stereocenters. The lowest BCUT2D eigenvalue weighted by Gasteiger charge is -2.16. The van der Waals surface area contributed by atoms with Gasteiger partial charge in [0.1, 0.15) is 23.1 Å². The van der Waals surface area contributed by atoms with Crippen molar-refractivity contribution in [1.82, 2.24) is 0 Å². The van der Waals surface area contributed by atoms with E-state index in [0.717, 1.165) is 5.75 Å². The minimum atomic E-state index is -0.975. The van der Waals surface area contributed by atoms with E-state index in [1.165, 1.54) is 30.0 Å². The summed E-state index contributed by atoms with van der Waals surface area (Å²) in [5, 5.41) is 10.3. The van der Waals surface area contributed by atoms with Crippen LogP contribution in [0, 0.1) is 18.6 Å². The van der Waals surface area contributed by atoms with Crippen molar-refractivity contribution in [1.29, 1.82) is 0 Å². The van der Waals surface area contributed by atoms with Crippen molar-refractivity contribution < 1.29 is 23.4 Å². The number of rotatable bonds is 6. The molecule has 6 heteroatoms. The maximum atomic E-state index is 14.2. The van der Waals surface area contributed by atoms with E-state index in [4.69, 9.17) is 9.84 Å². The number of carboxylic acid groups (broad SMARTS) is 1. The summed E-state index contributed by atoms with van der Waals surface area (Å²) < 4.78 is 33.9. The van der Waals surface area contributed by atoms with E-state index >= 15 is 0 Å². The predicted octanol–water partition coefficient (Wildman–Crippen LogP) is 5.96. The molecule has 0 heterocycles. The number of halogens is 2. The van der Waals surface area contributed by atoms with Gasteiger partial charge in [0.2, 0.25) is 0 Å². The average Bonchev–Trinajstić information content (AvgIpc) is 2.61. The standard InChI is InChI=1S/C21H18F2O3S/c1-3-27-19-7-6-16(11-18(19)23)26-21-12(2)14(9-20(24)25)8-13-4-5-15(22)10-17(13)21/h4-8,10-11H,3,9H2,1-2H3,(H,24,25). The van der Waals surface area contributed by atoms with Gasteiger partial charge in [0, 0.05) is 16.3 Å². The van der Waals surface area contributed by atoms with Gasteiger partial charge in [-0.3, -0.25) is 4.79 Å². The first kappa shape index (κ1) is 19.2. The summed E-state index contributed by atoms with van der Waals surface area (Å²) in [4.78, 5) is 11.7. The zero-order valence-corrected chi connectivity index (χ0v) is 15.7. The number of fused-ring (bicyclic) bond motifs is 1. The molecule has 0 saturated heterocycles. The Balaban J connectivity index is 2.11. The second kappa shape index (κ2) is 7.96. The Morgan fingerprint density at radius 2 is 1.93 bits per heavy atom. The summed E-state index contributed by atoms with van der Waals surface area (Å²) in [6.45, 7) is 3.65. The SMILES string of the molecule is CCSc1ccc(Oc2c(C)c(CC(=O)O)cc3ccc(F)cc23)cc1F. The Hall–Kier alpha value is -2.60. The van der Waals surface area contributed by atoms with Crippen LogP contribution in [0.1, 0.15) is 18.1 Å².